The van der Waals surface area contributed by atoms with E-state index >= 15 is 0 Å². The minimum atomic E-state index is -0.934. The lowest BCUT2D eigenvalue weighted by atomic mass is 10.2. The van der Waals surface area contributed by atoms with Crippen molar-refractivity contribution in [2.45, 2.75) is 26.8 Å². The van der Waals surface area contributed by atoms with E-state index in [1.165, 1.54) is 0 Å². The molecule has 21 heavy (non-hydrogen) atoms. The van der Waals surface area contributed by atoms with Crippen LogP contribution in [0.1, 0.15) is 34.6 Å². The number of nitrogens with zero attached hydrogens (tertiary/aromatic N) is 2. The Balaban J connectivity index is 2.13. The van der Waals surface area contributed by atoms with Crippen molar-refractivity contribution in [3.63, 3.8) is 0 Å². The Morgan fingerprint density at radius 2 is 2.14 bits per heavy atom. The van der Waals surface area contributed by atoms with Gasteiger partial charge >= 0.3 is 5.97 Å². The molecule has 5 nitrogen and oxygen atoms in total. The van der Waals surface area contributed by atoms with Crippen LogP contribution in [0.15, 0.2) is 34.7 Å². The summed E-state index contributed by atoms with van der Waals surface area (Å²) in [4.78, 5) is 15.7. The number of fused-ring (bicyclic) bond motifs is 1. The van der Waals surface area contributed by atoms with Crippen LogP contribution in [0.5, 0.6) is 0 Å². The number of carboxylic acids is 1. The zero-order valence-corrected chi connectivity index (χ0v) is 12.0. The number of carbonyl (C=O) groups is 1. The fourth-order valence-electron chi connectivity index (χ4n) is 2.48. The lowest BCUT2D eigenvalue weighted by Crippen LogP contribution is -2.04. The number of aromatic carboxylic acids is 1. The minimum Gasteiger partial charge on any atom is -0.478 e. The van der Waals surface area contributed by atoms with Crippen molar-refractivity contribution in [2.24, 2.45) is 0 Å². The quantitative estimate of drug-likeness (QED) is 0.798. The Hall–Kier alpha value is -2.56. The molecule has 1 aromatic carbocycles. The van der Waals surface area contributed by atoms with Gasteiger partial charge in [0.15, 0.2) is 0 Å². The van der Waals surface area contributed by atoms with E-state index in [9.17, 15) is 4.79 Å². The van der Waals surface area contributed by atoms with E-state index in [-0.39, 0.29) is 5.56 Å². The van der Waals surface area contributed by atoms with Gasteiger partial charge in [0.2, 0.25) is 0 Å². The first kappa shape index (κ1) is 13.4. The van der Waals surface area contributed by atoms with Crippen molar-refractivity contribution in [3.05, 3.63) is 53.2 Å². The van der Waals surface area contributed by atoms with Crippen LogP contribution < -0.4 is 0 Å². The molecule has 0 fully saturated rings. The van der Waals surface area contributed by atoms with E-state index in [2.05, 4.69) is 4.98 Å². The number of carboxylic acid groups (broad SMARTS) is 1. The predicted molar refractivity (Wildman–Crippen MR) is 78.6 cm³/mol. The normalized spacial score (nSPS) is 11.1. The molecule has 3 aromatic rings. The van der Waals surface area contributed by atoms with E-state index in [4.69, 9.17) is 9.52 Å². The average Bonchev–Trinajstić information content (AvgIpc) is 3.02. The molecule has 5 heteroatoms. The summed E-state index contributed by atoms with van der Waals surface area (Å²) in [7, 11) is 0. The summed E-state index contributed by atoms with van der Waals surface area (Å²) >= 11 is 0. The molecule has 0 bridgehead atoms. The highest BCUT2D eigenvalue weighted by Crippen LogP contribution is 2.21. The lowest BCUT2D eigenvalue weighted by molar-refractivity contribution is 0.0697. The molecule has 2 aromatic heterocycles. The number of benzene rings is 1. The molecule has 2 heterocycles. The second-order valence-electron chi connectivity index (χ2n) is 4.99. The van der Waals surface area contributed by atoms with E-state index in [1.807, 2.05) is 30.5 Å². The summed E-state index contributed by atoms with van der Waals surface area (Å²) in [6.07, 6.45) is 0.775. The Kier molecular flexibility index (Phi) is 3.25. The highest BCUT2D eigenvalue weighted by atomic mass is 16.4. The molecule has 108 valence electrons. The molecule has 0 amide bonds. The molecule has 1 N–H and O–H groups in total. The van der Waals surface area contributed by atoms with Gasteiger partial charge in [-0.1, -0.05) is 6.92 Å². The zero-order valence-electron chi connectivity index (χ0n) is 12.0. The molecule has 0 aliphatic carbocycles. The number of hydrogen-bond acceptors (Lipinski definition) is 3. The van der Waals surface area contributed by atoms with Gasteiger partial charge in [-0.25, -0.2) is 9.78 Å². The van der Waals surface area contributed by atoms with Crippen molar-refractivity contribution in [1.29, 1.82) is 0 Å². The number of rotatable bonds is 4. The van der Waals surface area contributed by atoms with Gasteiger partial charge < -0.3 is 14.1 Å². The summed E-state index contributed by atoms with van der Waals surface area (Å²) in [6.45, 7) is 4.48. The fourth-order valence-corrected chi connectivity index (χ4v) is 2.48. The van der Waals surface area contributed by atoms with E-state index < -0.39 is 5.97 Å². The molecule has 0 unspecified atom stereocenters. The molecule has 0 atom stereocenters. The van der Waals surface area contributed by atoms with Gasteiger partial charge in [-0.15, -0.1) is 0 Å². The Bertz CT molecular complexity index is 814. The number of hydrogen-bond donors (Lipinski definition) is 1. The number of imidazole rings is 1. The fraction of sp³-hybridized carbons (Fsp3) is 0.250. The largest absolute Gasteiger partial charge is 0.478 e. The third-order valence-electron chi connectivity index (χ3n) is 3.50. The Morgan fingerprint density at radius 1 is 1.33 bits per heavy atom. The summed E-state index contributed by atoms with van der Waals surface area (Å²) in [5.74, 6) is 1.68. The first-order valence-corrected chi connectivity index (χ1v) is 6.86. The molecule has 0 saturated heterocycles. The molecular weight excluding hydrogens is 268 g/mol. The highest BCUT2D eigenvalue weighted by molar-refractivity contribution is 5.92. The van der Waals surface area contributed by atoms with E-state index in [0.717, 1.165) is 34.8 Å². The molecule has 0 aliphatic heterocycles. The van der Waals surface area contributed by atoms with E-state index in [0.29, 0.717) is 6.54 Å². The Labute approximate surface area is 121 Å². The van der Waals surface area contributed by atoms with Crippen molar-refractivity contribution >= 4 is 17.0 Å². The van der Waals surface area contributed by atoms with Gasteiger partial charge in [-0.05, 0) is 37.3 Å². The van der Waals surface area contributed by atoms with Crippen LogP contribution in [0, 0.1) is 6.92 Å². The summed E-state index contributed by atoms with van der Waals surface area (Å²) in [6, 6.07) is 8.85. The zero-order chi connectivity index (χ0) is 15.0. The van der Waals surface area contributed by atoms with Crippen LogP contribution in [0.25, 0.3) is 11.0 Å². The Morgan fingerprint density at radius 3 is 2.76 bits per heavy atom. The maximum absolute atomic E-state index is 11.1. The van der Waals surface area contributed by atoms with Gasteiger partial charge in [-0.2, -0.15) is 0 Å². The van der Waals surface area contributed by atoms with Crippen LogP contribution in [0.3, 0.4) is 0 Å². The van der Waals surface area contributed by atoms with Crippen LogP contribution in [0.4, 0.5) is 0 Å². The second-order valence-corrected chi connectivity index (χ2v) is 4.99. The van der Waals surface area contributed by atoms with Crippen molar-refractivity contribution in [1.82, 2.24) is 9.55 Å². The number of aromatic nitrogens is 2. The van der Waals surface area contributed by atoms with E-state index in [1.54, 1.807) is 18.2 Å². The average molecular weight is 284 g/mol. The number of furan rings is 1. The SMILES string of the molecule is CCc1nc2ccc(C(=O)O)cc2n1Cc1ccc(C)o1. The van der Waals surface area contributed by atoms with Gasteiger partial charge in [0.1, 0.15) is 17.3 Å². The van der Waals surface area contributed by atoms with Crippen LogP contribution >= 0.6 is 0 Å². The van der Waals surface area contributed by atoms with Gasteiger partial charge in [0.05, 0.1) is 23.1 Å². The van der Waals surface area contributed by atoms with Crippen molar-refractivity contribution in [3.8, 4) is 0 Å². The lowest BCUT2D eigenvalue weighted by Gasteiger charge is -2.06. The second kappa shape index (κ2) is 5.09. The number of aryl methyl sites for hydroxylation is 2. The van der Waals surface area contributed by atoms with Crippen LogP contribution in [0.2, 0.25) is 0 Å². The predicted octanol–water partition coefficient (Wildman–Crippen LogP) is 3.25. The monoisotopic (exact) mass is 284 g/mol. The highest BCUT2D eigenvalue weighted by Gasteiger charge is 2.13. The summed E-state index contributed by atoms with van der Waals surface area (Å²) in [5.41, 5.74) is 1.89. The van der Waals surface area contributed by atoms with Crippen LogP contribution in [-0.4, -0.2) is 20.6 Å². The molecular formula is C16H16N2O3. The molecule has 0 spiro atoms. The van der Waals surface area contributed by atoms with Gasteiger partial charge in [-0.3, -0.25) is 0 Å². The third-order valence-corrected chi connectivity index (χ3v) is 3.50. The smallest absolute Gasteiger partial charge is 0.335 e. The molecule has 0 saturated carbocycles. The molecule has 0 radical (unpaired) electrons. The summed E-state index contributed by atoms with van der Waals surface area (Å²) < 4.78 is 7.63. The van der Waals surface area contributed by atoms with Crippen molar-refractivity contribution in [2.75, 3.05) is 0 Å². The van der Waals surface area contributed by atoms with Crippen LogP contribution in [-0.2, 0) is 13.0 Å². The maximum Gasteiger partial charge on any atom is 0.335 e. The third kappa shape index (κ3) is 2.42. The molecule has 3 rings (SSSR count). The topological polar surface area (TPSA) is 68.3 Å². The minimum absolute atomic E-state index is 0.266. The molecule has 0 aliphatic rings. The van der Waals surface area contributed by atoms with Gasteiger partial charge in [0.25, 0.3) is 0 Å². The van der Waals surface area contributed by atoms with Gasteiger partial charge in [0, 0.05) is 6.42 Å². The first-order chi connectivity index (χ1) is 10.1. The van der Waals surface area contributed by atoms with Crippen molar-refractivity contribution < 1.29 is 14.3 Å². The maximum atomic E-state index is 11.1. The summed E-state index contributed by atoms with van der Waals surface area (Å²) in [5, 5.41) is 9.14. The standard InChI is InChI=1S/C16H16N2O3/c1-3-15-17-13-7-5-11(16(19)20)8-14(13)18(15)9-12-6-4-10(2)21-12/h4-8H,3,9H2,1-2H3,(H,19,20). The first-order valence-electron chi connectivity index (χ1n) is 6.86.